The van der Waals surface area contributed by atoms with Crippen LogP contribution in [-0.2, 0) is 11.3 Å². The quantitative estimate of drug-likeness (QED) is 0.672. The lowest BCUT2D eigenvalue weighted by molar-refractivity contribution is -0.116. The number of hydrogen-bond acceptors (Lipinski definition) is 3. The molecule has 1 aromatic carbocycles. The molecule has 0 spiro atoms. The summed E-state index contributed by atoms with van der Waals surface area (Å²) in [6, 6.07) is 6.80. The molecule has 1 unspecified atom stereocenters. The Balaban J connectivity index is 2.57. The molecule has 1 aromatic rings. The van der Waals surface area contributed by atoms with Gasteiger partial charge in [-0.1, -0.05) is 24.6 Å². The number of aliphatic hydroxyl groups excluding tert-OH is 1. The third-order valence-electron chi connectivity index (χ3n) is 3.15. The molecule has 22 heavy (non-hydrogen) atoms. The molecule has 0 saturated carbocycles. The Labute approximate surface area is 131 Å². The van der Waals surface area contributed by atoms with Gasteiger partial charge in [0, 0.05) is 18.2 Å². The van der Waals surface area contributed by atoms with Crippen LogP contribution >= 0.6 is 0 Å². The molecule has 0 aromatic heterocycles. The lowest BCUT2D eigenvalue weighted by Crippen LogP contribution is -2.36. The maximum Gasteiger partial charge on any atom is 0.251 e. The van der Waals surface area contributed by atoms with Crippen LogP contribution in [0.5, 0.6) is 0 Å². The van der Waals surface area contributed by atoms with E-state index in [9.17, 15) is 9.59 Å². The van der Waals surface area contributed by atoms with Crippen LogP contribution in [0, 0.1) is 0 Å². The van der Waals surface area contributed by atoms with E-state index >= 15 is 0 Å². The third-order valence-corrected chi connectivity index (χ3v) is 3.15. The molecule has 0 heterocycles. The zero-order valence-electron chi connectivity index (χ0n) is 13.3. The summed E-state index contributed by atoms with van der Waals surface area (Å²) in [6.07, 6.45) is 2.22. The lowest BCUT2D eigenvalue weighted by atomic mass is 10.1. The fraction of sp³-hybridized carbons (Fsp3) is 0.412. The van der Waals surface area contributed by atoms with Gasteiger partial charge in [-0.05, 0) is 38.0 Å². The van der Waals surface area contributed by atoms with Crippen LogP contribution in [0.15, 0.2) is 35.9 Å². The molecular weight excluding hydrogens is 280 g/mol. The van der Waals surface area contributed by atoms with E-state index in [1.807, 2.05) is 20.8 Å². The largest absolute Gasteiger partial charge is 0.394 e. The molecule has 1 atom stereocenters. The maximum absolute atomic E-state index is 12.0. The number of carbonyl (C=O) groups excluding carboxylic acids is 2. The van der Waals surface area contributed by atoms with Gasteiger partial charge in [0.05, 0.1) is 12.6 Å². The van der Waals surface area contributed by atoms with Gasteiger partial charge in [-0.2, -0.15) is 0 Å². The monoisotopic (exact) mass is 304 g/mol. The van der Waals surface area contributed by atoms with Gasteiger partial charge in [0.15, 0.2) is 0 Å². The van der Waals surface area contributed by atoms with Crippen molar-refractivity contribution in [1.29, 1.82) is 0 Å². The summed E-state index contributed by atoms with van der Waals surface area (Å²) < 4.78 is 0. The molecule has 2 amide bonds. The summed E-state index contributed by atoms with van der Waals surface area (Å²) in [5.41, 5.74) is 2.39. The highest BCUT2D eigenvalue weighted by molar-refractivity contribution is 5.94. The summed E-state index contributed by atoms with van der Waals surface area (Å²) in [5.74, 6) is -0.337. The van der Waals surface area contributed by atoms with Crippen molar-refractivity contribution < 1.29 is 14.7 Å². The van der Waals surface area contributed by atoms with Crippen molar-refractivity contribution in [3.05, 3.63) is 47.0 Å². The molecule has 1 rings (SSSR count). The number of rotatable bonds is 7. The lowest BCUT2D eigenvalue weighted by Gasteiger charge is -2.14. The molecule has 0 aliphatic rings. The number of carbonyl (C=O) groups is 2. The van der Waals surface area contributed by atoms with Crippen LogP contribution in [0.3, 0.4) is 0 Å². The molecule has 120 valence electrons. The van der Waals surface area contributed by atoms with E-state index in [4.69, 9.17) is 5.11 Å². The number of nitrogens with one attached hydrogen (secondary N) is 2. The molecule has 5 nitrogen and oxygen atoms in total. The van der Waals surface area contributed by atoms with Gasteiger partial charge in [-0.3, -0.25) is 9.59 Å². The first kappa shape index (κ1) is 17.9. The fourth-order valence-electron chi connectivity index (χ4n) is 1.82. The van der Waals surface area contributed by atoms with Crippen LogP contribution in [0.2, 0.25) is 0 Å². The first-order chi connectivity index (χ1) is 10.5. The van der Waals surface area contributed by atoms with Crippen LogP contribution in [0.1, 0.15) is 43.1 Å². The highest BCUT2D eigenvalue weighted by Crippen LogP contribution is 2.05. The van der Waals surface area contributed by atoms with Crippen molar-refractivity contribution in [3.63, 3.8) is 0 Å². The molecule has 5 heteroatoms. The summed E-state index contributed by atoms with van der Waals surface area (Å²) in [5, 5.41) is 14.6. The Kier molecular flexibility index (Phi) is 7.32. The van der Waals surface area contributed by atoms with Crippen LogP contribution in [-0.4, -0.2) is 29.6 Å². The first-order valence-electron chi connectivity index (χ1n) is 7.39. The topological polar surface area (TPSA) is 78.4 Å². The van der Waals surface area contributed by atoms with Gasteiger partial charge in [-0.25, -0.2) is 0 Å². The smallest absolute Gasteiger partial charge is 0.251 e. The molecular formula is C17H24N2O3. The second-order valence-electron chi connectivity index (χ2n) is 5.40. The van der Waals surface area contributed by atoms with Crippen molar-refractivity contribution in [1.82, 2.24) is 10.6 Å². The van der Waals surface area contributed by atoms with E-state index in [1.165, 1.54) is 0 Å². The van der Waals surface area contributed by atoms with Crippen LogP contribution in [0.4, 0.5) is 0 Å². The van der Waals surface area contributed by atoms with Crippen LogP contribution < -0.4 is 10.6 Å². The molecule has 0 fully saturated rings. The average molecular weight is 304 g/mol. The zero-order valence-corrected chi connectivity index (χ0v) is 13.3. The average Bonchev–Trinajstić information content (AvgIpc) is 2.50. The summed E-state index contributed by atoms with van der Waals surface area (Å²) >= 11 is 0. The number of hydrogen-bond donors (Lipinski definition) is 3. The van der Waals surface area contributed by atoms with E-state index in [0.717, 1.165) is 11.1 Å². The minimum absolute atomic E-state index is 0.0727. The normalized spacial score (nSPS) is 11.5. The van der Waals surface area contributed by atoms with Crippen molar-refractivity contribution >= 4 is 11.8 Å². The van der Waals surface area contributed by atoms with Gasteiger partial charge >= 0.3 is 0 Å². The third kappa shape index (κ3) is 6.10. The highest BCUT2D eigenvalue weighted by atomic mass is 16.3. The summed E-state index contributed by atoms with van der Waals surface area (Å²) in [7, 11) is 0. The van der Waals surface area contributed by atoms with Gasteiger partial charge in [0.1, 0.15) is 0 Å². The zero-order chi connectivity index (χ0) is 16.5. The van der Waals surface area contributed by atoms with Gasteiger partial charge in [0.2, 0.25) is 5.91 Å². The maximum atomic E-state index is 12.0. The molecule has 0 saturated heterocycles. The standard InChI is InChI=1S/C17H24N2O3/c1-4-15(11-20)19-17(22)14-7-5-13(6-8-14)10-18-16(21)9-12(2)3/h5-9,15,20H,4,10-11H2,1-3H3,(H,18,21)(H,19,22). The van der Waals surface area contributed by atoms with E-state index < -0.39 is 0 Å². The van der Waals surface area contributed by atoms with E-state index in [2.05, 4.69) is 10.6 Å². The predicted octanol–water partition coefficient (Wildman–Crippen LogP) is 1.77. The minimum atomic E-state index is -0.226. The number of benzene rings is 1. The summed E-state index contributed by atoms with van der Waals surface area (Å²) in [6.45, 7) is 5.97. The summed E-state index contributed by atoms with van der Waals surface area (Å²) in [4.78, 5) is 23.5. The molecule has 0 aliphatic heterocycles. The Morgan fingerprint density at radius 3 is 2.36 bits per heavy atom. The number of amides is 2. The van der Waals surface area contributed by atoms with Crippen molar-refractivity contribution in [2.45, 2.75) is 39.8 Å². The van der Waals surface area contributed by atoms with Crippen molar-refractivity contribution in [3.8, 4) is 0 Å². The van der Waals surface area contributed by atoms with E-state index in [-0.39, 0.29) is 24.5 Å². The first-order valence-corrected chi connectivity index (χ1v) is 7.39. The Bertz CT molecular complexity index is 527. The molecule has 3 N–H and O–H groups in total. The molecule has 0 radical (unpaired) electrons. The minimum Gasteiger partial charge on any atom is -0.394 e. The van der Waals surface area contributed by atoms with Crippen LogP contribution in [0.25, 0.3) is 0 Å². The Morgan fingerprint density at radius 1 is 1.23 bits per heavy atom. The van der Waals surface area contributed by atoms with Gasteiger partial charge in [0.25, 0.3) is 5.91 Å². The number of aliphatic hydroxyl groups is 1. The second kappa shape index (κ2) is 9.00. The predicted molar refractivity (Wildman–Crippen MR) is 86.4 cm³/mol. The second-order valence-corrected chi connectivity index (χ2v) is 5.40. The molecule has 0 bridgehead atoms. The van der Waals surface area contributed by atoms with E-state index in [1.54, 1.807) is 30.3 Å². The van der Waals surface area contributed by atoms with Crippen molar-refractivity contribution in [2.75, 3.05) is 6.61 Å². The SMILES string of the molecule is CCC(CO)NC(=O)c1ccc(CNC(=O)C=C(C)C)cc1. The van der Waals surface area contributed by atoms with E-state index in [0.29, 0.717) is 18.5 Å². The highest BCUT2D eigenvalue weighted by Gasteiger charge is 2.11. The molecule has 0 aliphatic carbocycles. The Morgan fingerprint density at radius 2 is 1.86 bits per heavy atom. The fourth-order valence-corrected chi connectivity index (χ4v) is 1.82. The van der Waals surface area contributed by atoms with Crippen molar-refractivity contribution in [2.24, 2.45) is 0 Å². The van der Waals surface area contributed by atoms with Gasteiger partial charge in [-0.15, -0.1) is 0 Å². The van der Waals surface area contributed by atoms with Gasteiger partial charge < -0.3 is 15.7 Å². The number of allylic oxidation sites excluding steroid dienone is 1. The Hall–Kier alpha value is -2.14.